The zero-order chi connectivity index (χ0) is 38.8. The molecule has 1 radical (unpaired) electrons. The Hall–Kier alpha value is -3.94. The van der Waals surface area contributed by atoms with E-state index in [0.717, 1.165) is 57.3 Å². The van der Waals surface area contributed by atoms with Crippen LogP contribution in [0.1, 0.15) is 45.7 Å². The normalized spacial score (nSPS) is 12.1. The summed E-state index contributed by atoms with van der Waals surface area (Å²) in [6.45, 7) is 25.7. The molecule has 0 aliphatic rings. The van der Waals surface area contributed by atoms with Crippen molar-refractivity contribution in [1.82, 2.24) is 9.97 Å². The number of benzene rings is 4. The number of hydrogen-bond donors (Lipinski definition) is 0. The van der Waals surface area contributed by atoms with Gasteiger partial charge in [0.25, 0.3) is 0 Å². The van der Waals surface area contributed by atoms with E-state index in [9.17, 15) is 0 Å². The second-order valence-corrected chi connectivity index (χ2v) is 28.5. The van der Waals surface area contributed by atoms with E-state index >= 15 is 0 Å². The number of hydrogen-bond acceptors (Lipinski definition) is 3. The first-order valence-electron chi connectivity index (χ1n) is 19.4. The molecule has 0 amide bonds. The zero-order valence-electron chi connectivity index (χ0n) is 34.5. The van der Waals surface area contributed by atoms with Crippen LogP contribution in [0.3, 0.4) is 0 Å². The van der Waals surface area contributed by atoms with E-state index < -0.39 is 16.1 Å². The number of aromatic nitrogens is 2. The van der Waals surface area contributed by atoms with Gasteiger partial charge in [0.05, 0.1) is 21.7 Å². The molecule has 0 saturated heterocycles. The van der Waals surface area contributed by atoms with Crippen LogP contribution in [0.15, 0.2) is 114 Å². The van der Waals surface area contributed by atoms with Gasteiger partial charge in [0.15, 0.2) is 0 Å². The van der Waals surface area contributed by atoms with Crippen molar-refractivity contribution in [1.29, 1.82) is 0 Å². The van der Waals surface area contributed by atoms with Crippen LogP contribution in [0.4, 0.5) is 0 Å². The molecule has 0 bridgehead atoms. The van der Waals surface area contributed by atoms with Crippen molar-refractivity contribution in [3.63, 3.8) is 0 Å². The summed E-state index contributed by atoms with van der Waals surface area (Å²) in [5.74, 6) is 0.667. The molecule has 3 nitrogen and oxygen atoms in total. The Labute approximate surface area is 345 Å². The fourth-order valence-electron chi connectivity index (χ4n) is 7.09. The molecule has 55 heavy (non-hydrogen) atoms. The first-order chi connectivity index (χ1) is 25.5. The van der Waals surface area contributed by atoms with E-state index in [1.807, 2.05) is 30.5 Å². The van der Waals surface area contributed by atoms with Gasteiger partial charge >= 0.3 is 0 Å². The van der Waals surface area contributed by atoms with Crippen LogP contribution >= 0.6 is 0 Å². The largest absolute Gasteiger partial charge is 0.501 e. The predicted octanol–water partition coefficient (Wildman–Crippen LogP) is 12.5. The smallest absolute Gasteiger partial charge is 0.121 e. The second-order valence-electron chi connectivity index (χ2n) is 18.4. The molecule has 3 heterocycles. The van der Waals surface area contributed by atoms with E-state index in [2.05, 4.69) is 175 Å². The molecule has 0 spiro atoms. The van der Waals surface area contributed by atoms with E-state index in [1.165, 1.54) is 32.6 Å². The third kappa shape index (κ3) is 10.5. The molecule has 0 atom stereocenters. The minimum absolute atomic E-state index is 0. The molecule has 6 heteroatoms. The average Bonchev–Trinajstić information content (AvgIpc) is 3.49. The zero-order valence-corrected chi connectivity index (χ0v) is 38.9. The summed E-state index contributed by atoms with van der Waals surface area (Å²) in [5, 5.41) is 5.19. The van der Waals surface area contributed by atoms with Crippen LogP contribution in [0.2, 0.25) is 39.3 Å². The van der Waals surface area contributed by atoms with Crippen LogP contribution in [0, 0.1) is 23.5 Å². The fourth-order valence-corrected chi connectivity index (χ4v) is 9.84. The van der Waals surface area contributed by atoms with Gasteiger partial charge in [-0.1, -0.05) is 150 Å². The summed E-state index contributed by atoms with van der Waals surface area (Å²) in [5.41, 5.74) is 11.1. The predicted molar refractivity (Wildman–Crippen MR) is 237 cm³/mol. The molecular weight excluding hydrogens is 881 g/mol. The van der Waals surface area contributed by atoms with Gasteiger partial charge in [-0.2, -0.15) is 0 Å². The van der Waals surface area contributed by atoms with Crippen molar-refractivity contribution < 1.29 is 24.5 Å². The maximum absolute atomic E-state index is 6.45. The van der Waals surface area contributed by atoms with Gasteiger partial charge in [-0.05, 0) is 64.0 Å². The molecule has 7 rings (SSSR count). The molecule has 0 fully saturated rings. The SMILES string of the molecule is CC(C)(C)Cc1ccnc(-c2[c-]ccc3c2oc2cc(-c4ccc([Si](C)(C)C)cc4)ccc23)c1.CC(C)Cc1cc(-c2[c-]cccc2)ncc1[Si](C)(C)C.[Ir]. The van der Waals surface area contributed by atoms with Gasteiger partial charge in [-0.15, -0.1) is 54.1 Å². The van der Waals surface area contributed by atoms with E-state index in [-0.39, 0.29) is 25.5 Å². The van der Waals surface area contributed by atoms with Crippen molar-refractivity contribution >= 4 is 48.5 Å². The number of pyridine rings is 2. The third-order valence-electron chi connectivity index (χ3n) is 9.74. The topological polar surface area (TPSA) is 38.9 Å². The molecule has 3 aromatic heterocycles. The van der Waals surface area contributed by atoms with Crippen LogP contribution in [0.25, 0.3) is 55.6 Å². The molecule has 4 aromatic carbocycles. The maximum atomic E-state index is 6.45. The molecule has 287 valence electrons. The third-order valence-corrected chi connectivity index (χ3v) is 13.9. The first-order valence-corrected chi connectivity index (χ1v) is 26.4. The Morgan fingerprint density at radius 2 is 1.44 bits per heavy atom. The van der Waals surface area contributed by atoms with Crippen molar-refractivity contribution in [2.75, 3.05) is 0 Å². The molecule has 0 aliphatic heterocycles. The Balaban J connectivity index is 0.000000237. The monoisotopic (exact) mass is 937 g/mol. The summed E-state index contributed by atoms with van der Waals surface area (Å²) in [6, 6.07) is 40.9. The minimum atomic E-state index is -1.34. The quantitative estimate of drug-likeness (QED) is 0.113. The molecule has 0 aliphatic carbocycles. The number of rotatable bonds is 8. The van der Waals surface area contributed by atoms with Gasteiger partial charge in [-0.25, -0.2) is 0 Å². The summed E-state index contributed by atoms with van der Waals surface area (Å²) in [6.07, 6.45) is 6.13. The summed E-state index contributed by atoms with van der Waals surface area (Å²) in [7, 11) is -2.65. The van der Waals surface area contributed by atoms with Crippen molar-refractivity contribution in [3.05, 3.63) is 133 Å². The van der Waals surface area contributed by atoms with E-state index in [4.69, 9.17) is 4.42 Å². The van der Waals surface area contributed by atoms with E-state index in [0.29, 0.717) is 5.92 Å². The summed E-state index contributed by atoms with van der Waals surface area (Å²) in [4.78, 5) is 9.35. The van der Waals surface area contributed by atoms with Gasteiger partial charge < -0.3 is 14.4 Å². The van der Waals surface area contributed by atoms with Crippen molar-refractivity contribution in [2.45, 2.75) is 86.7 Å². The van der Waals surface area contributed by atoms with Crippen LogP contribution < -0.4 is 10.4 Å². The molecule has 0 unspecified atom stereocenters. The molecule has 0 N–H and O–H groups in total. The van der Waals surface area contributed by atoms with Gasteiger partial charge in [0, 0.05) is 37.9 Å². The van der Waals surface area contributed by atoms with Crippen LogP contribution in [-0.4, -0.2) is 26.1 Å². The van der Waals surface area contributed by atoms with Gasteiger partial charge in [0.1, 0.15) is 5.58 Å². The maximum Gasteiger partial charge on any atom is 0.121 e. The Bertz CT molecular complexity index is 2360. The van der Waals surface area contributed by atoms with Gasteiger partial charge in [0.2, 0.25) is 0 Å². The standard InChI is InChI=1S/C31H32NOSi.C18H24NSi.Ir/c1-31(2,3)20-21-16-17-32-28(18-21)27-9-7-8-26-25-15-12-23(19-29(25)33-30(26)27)22-10-13-24(14-11-22)34(4,5)6;1-14(2)11-16-12-17(15-9-7-6-8-10-15)19-13-18(16)20(3,4)5;/h7-8,10-19H,20H2,1-6H3;6-9,12-14H,11H2,1-5H3;/q2*-1;. The molecule has 0 saturated carbocycles. The first kappa shape index (κ1) is 42.2. The minimum Gasteiger partial charge on any atom is -0.501 e. The Morgan fingerprint density at radius 1 is 0.709 bits per heavy atom. The summed E-state index contributed by atoms with van der Waals surface area (Å²) < 4.78 is 6.45. The van der Waals surface area contributed by atoms with E-state index in [1.54, 1.807) is 0 Å². The van der Waals surface area contributed by atoms with Crippen molar-refractivity contribution in [3.8, 4) is 33.6 Å². The average molecular weight is 937 g/mol. The van der Waals surface area contributed by atoms with Crippen molar-refractivity contribution in [2.24, 2.45) is 11.3 Å². The fraction of sp³-hybridized carbons (Fsp3) is 0.306. The second kappa shape index (κ2) is 17.1. The molecule has 7 aromatic rings. The van der Waals surface area contributed by atoms with Gasteiger partial charge in [-0.3, -0.25) is 0 Å². The summed E-state index contributed by atoms with van der Waals surface area (Å²) >= 11 is 0. The molecular formula is C49H56IrN2OSi2-2. The number of fused-ring (bicyclic) bond motifs is 3. The number of nitrogens with zero attached hydrogens (tertiary/aromatic N) is 2. The Kier molecular flexibility index (Phi) is 13.1. The number of furan rings is 1. The van der Waals surface area contributed by atoms with Crippen LogP contribution in [0.5, 0.6) is 0 Å². The Morgan fingerprint density at radius 3 is 2.07 bits per heavy atom. The van der Waals surface area contributed by atoms with Crippen LogP contribution in [-0.2, 0) is 32.9 Å².